The summed E-state index contributed by atoms with van der Waals surface area (Å²) in [4.78, 5) is 0. The largest absolute Gasteiger partial charge is 0.409 e. The van der Waals surface area contributed by atoms with Crippen LogP contribution in [0.3, 0.4) is 0 Å². The van der Waals surface area contributed by atoms with Gasteiger partial charge in [-0.2, -0.15) is 0 Å². The Hall–Kier alpha value is -1.62. The van der Waals surface area contributed by atoms with Gasteiger partial charge in [-0.05, 0) is 36.2 Å². The van der Waals surface area contributed by atoms with Crippen LogP contribution in [0.2, 0.25) is 0 Å². The first-order chi connectivity index (χ1) is 8.02. The Morgan fingerprint density at radius 3 is 2.76 bits per heavy atom. The van der Waals surface area contributed by atoms with Crippen molar-refractivity contribution in [2.24, 2.45) is 16.8 Å². The van der Waals surface area contributed by atoms with Crippen molar-refractivity contribution in [1.29, 1.82) is 0 Å². The lowest BCUT2D eigenvalue weighted by Crippen LogP contribution is -2.20. The van der Waals surface area contributed by atoms with Gasteiger partial charge < -0.3 is 16.3 Å². The number of oxime groups is 1. The molecule has 0 saturated heterocycles. The SMILES string of the molecule is CC(C)CNCc1cc(F)cc(/C(N)=N/O)c1. The molecule has 0 bridgehead atoms. The molecule has 1 aromatic carbocycles. The minimum absolute atomic E-state index is 0.0883. The maximum atomic E-state index is 13.3. The first kappa shape index (κ1) is 13.4. The zero-order valence-electron chi connectivity index (χ0n) is 10.1. The Bertz CT molecular complexity index is 405. The predicted molar refractivity (Wildman–Crippen MR) is 65.5 cm³/mol. The zero-order valence-corrected chi connectivity index (χ0v) is 10.1. The summed E-state index contributed by atoms with van der Waals surface area (Å²) in [5.41, 5.74) is 6.58. The van der Waals surface area contributed by atoms with E-state index in [0.29, 0.717) is 18.0 Å². The van der Waals surface area contributed by atoms with Crippen molar-refractivity contribution >= 4 is 5.84 Å². The number of benzene rings is 1. The summed E-state index contributed by atoms with van der Waals surface area (Å²) in [6.07, 6.45) is 0. The van der Waals surface area contributed by atoms with Gasteiger partial charge in [0.05, 0.1) is 0 Å². The van der Waals surface area contributed by atoms with Crippen molar-refractivity contribution in [1.82, 2.24) is 5.32 Å². The predicted octanol–water partition coefficient (Wildman–Crippen LogP) is 1.67. The Labute approximate surface area is 100 Å². The van der Waals surface area contributed by atoms with Crippen molar-refractivity contribution in [3.05, 3.63) is 35.1 Å². The fourth-order valence-electron chi connectivity index (χ4n) is 1.46. The molecule has 1 rings (SSSR count). The number of nitrogens with one attached hydrogen (secondary N) is 1. The van der Waals surface area contributed by atoms with Gasteiger partial charge in [0, 0.05) is 12.1 Å². The van der Waals surface area contributed by atoms with Crippen molar-refractivity contribution < 1.29 is 9.60 Å². The minimum atomic E-state index is -0.393. The minimum Gasteiger partial charge on any atom is -0.409 e. The Morgan fingerprint density at radius 2 is 2.18 bits per heavy atom. The average molecular weight is 239 g/mol. The molecule has 0 aliphatic heterocycles. The molecule has 0 heterocycles. The number of halogens is 1. The fraction of sp³-hybridized carbons (Fsp3) is 0.417. The molecule has 0 spiro atoms. The number of amidine groups is 1. The van der Waals surface area contributed by atoms with Crippen LogP contribution in [-0.4, -0.2) is 17.6 Å². The number of hydrogen-bond donors (Lipinski definition) is 3. The summed E-state index contributed by atoms with van der Waals surface area (Å²) in [7, 11) is 0. The molecular formula is C12H18FN3O. The Balaban J connectivity index is 2.76. The van der Waals surface area contributed by atoms with Gasteiger partial charge in [-0.15, -0.1) is 0 Å². The molecule has 0 atom stereocenters. The third kappa shape index (κ3) is 4.40. The maximum absolute atomic E-state index is 13.3. The molecule has 0 aliphatic carbocycles. The van der Waals surface area contributed by atoms with Crippen LogP contribution in [0.15, 0.2) is 23.4 Å². The van der Waals surface area contributed by atoms with E-state index in [9.17, 15) is 4.39 Å². The van der Waals surface area contributed by atoms with Crippen LogP contribution in [-0.2, 0) is 6.54 Å². The first-order valence-corrected chi connectivity index (χ1v) is 5.51. The lowest BCUT2D eigenvalue weighted by molar-refractivity contribution is 0.318. The molecule has 1 aromatic rings. The van der Waals surface area contributed by atoms with Crippen molar-refractivity contribution in [2.75, 3.05) is 6.54 Å². The van der Waals surface area contributed by atoms with Gasteiger partial charge in [0.2, 0.25) is 0 Å². The second-order valence-corrected chi connectivity index (χ2v) is 4.36. The summed E-state index contributed by atoms with van der Waals surface area (Å²) < 4.78 is 13.3. The fourth-order valence-corrected chi connectivity index (χ4v) is 1.46. The van der Waals surface area contributed by atoms with E-state index in [2.05, 4.69) is 24.3 Å². The molecule has 0 aromatic heterocycles. The van der Waals surface area contributed by atoms with Crippen LogP contribution in [0.4, 0.5) is 4.39 Å². The first-order valence-electron chi connectivity index (χ1n) is 5.51. The van der Waals surface area contributed by atoms with E-state index in [1.165, 1.54) is 12.1 Å². The topological polar surface area (TPSA) is 70.6 Å². The summed E-state index contributed by atoms with van der Waals surface area (Å²) in [6, 6.07) is 4.37. The van der Waals surface area contributed by atoms with Gasteiger partial charge >= 0.3 is 0 Å². The van der Waals surface area contributed by atoms with Crippen LogP contribution >= 0.6 is 0 Å². The van der Waals surface area contributed by atoms with Crippen LogP contribution in [0, 0.1) is 11.7 Å². The van der Waals surface area contributed by atoms with Gasteiger partial charge in [-0.25, -0.2) is 4.39 Å². The summed E-state index contributed by atoms with van der Waals surface area (Å²) in [5, 5.41) is 14.6. The molecule has 0 radical (unpaired) electrons. The number of nitrogens with two attached hydrogens (primary N) is 1. The zero-order chi connectivity index (χ0) is 12.8. The van der Waals surface area contributed by atoms with E-state index in [0.717, 1.165) is 12.1 Å². The summed E-state index contributed by atoms with van der Waals surface area (Å²) in [5.74, 6) is 0.0529. The molecule has 94 valence electrons. The molecular weight excluding hydrogens is 221 g/mol. The number of hydrogen-bond acceptors (Lipinski definition) is 3. The lowest BCUT2D eigenvalue weighted by atomic mass is 10.1. The quantitative estimate of drug-likeness (QED) is 0.317. The second-order valence-electron chi connectivity index (χ2n) is 4.36. The normalized spacial score (nSPS) is 12.1. The molecule has 0 amide bonds. The monoisotopic (exact) mass is 239 g/mol. The summed E-state index contributed by atoms with van der Waals surface area (Å²) >= 11 is 0. The second kappa shape index (κ2) is 6.20. The third-order valence-electron chi connectivity index (χ3n) is 2.24. The molecule has 4 nitrogen and oxygen atoms in total. The van der Waals surface area contributed by atoms with Crippen LogP contribution in [0.1, 0.15) is 25.0 Å². The van der Waals surface area contributed by atoms with Crippen molar-refractivity contribution in [3.63, 3.8) is 0 Å². The van der Waals surface area contributed by atoms with E-state index in [-0.39, 0.29) is 5.84 Å². The lowest BCUT2D eigenvalue weighted by Gasteiger charge is -2.09. The highest BCUT2D eigenvalue weighted by Crippen LogP contribution is 2.09. The van der Waals surface area contributed by atoms with Crippen molar-refractivity contribution in [2.45, 2.75) is 20.4 Å². The maximum Gasteiger partial charge on any atom is 0.170 e. The number of rotatable bonds is 5. The highest BCUT2D eigenvalue weighted by molar-refractivity contribution is 5.97. The smallest absolute Gasteiger partial charge is 0.170 e. The van der Waals surface area contributed by atoms with E-state index < -0.39 is 5.82 Å². The van der Waals surface area contributed by atoms with Gasteiger partial charge in [-0.1, -0.05) is 19.0 Å². The van der Waals surface area contributed by atoms with Crippen LogP contribution < -0.4 is 11.1 Å². The van der Waals surface area contributed by atoms with Crippen LogP contribution in [0.25, 0.3) is 0 Å². The molecule has 5 heteroatoms. The third-order valence-corrected chi connectivity index (χ3v) is 2.24. The van der Waals surface area contributed by atoms with E-state index in [1.807, 2.05) is 0 Å². The van der Waals surface area contributed by atoms with E-state index in [4.69, 9.17) is 10.9 Å². The van der Waals surface area contributed by atoms with Gasteiger partial charge in [0.15, 0.2) is 5.84 Å². The van der Waals surface area contributed by atoms with Gasteiger partial charge in [0.25, 0.3) is 0 Å². The average Bonchev–Trinajstić information content (AvgIpc) is 2.26. The molecule has 4 N–H and O–H groups in total. The molecule has 17 heavy (non-hydrogen) atoms. The van der Waals surface area contributed by atoms with Gasteiger partial charge in [0.1, 0.15) is 5.82 Å². The molecule has 0 fully saturated rings. The number of nitrogens with zero attached hydrogens (tertiary/aromatic N) is 1. The molecule has 0 saturated carbocycles. The van der Waals surface area contributed by atoms with Crippen LogP contribution in [0.5, 0.6) is 0 Å². The van der Waals surface area contributed by atoms with E-state index in [1.54, 1.807) is 6.07 Å². The Kier molecular flexibility index (Phi) is 4.90. The highest BCUT2D eigenvalue weighted by Gasteiger charge is 2.05. The summed E-state index contributed by atoms with van der Waals surface area (Å²) in [6.45, 7) is 5.61. The Morgan fingerprint density at radius 1 is 1.47 bits per heavy atom. The molecule has 0 unspecified atom stereocenters. The van der Waals surface area contributed by atoms with Gasteiger partial charge in [-0.3, -0.25) is 0 Å². The molecule has 0 aliphatic rings. The standard InChI is InChI=1S/C12H18FN3O/c1-8(2)6-15-7-9-3-10(12(14)16-17)5-11(13)4-9/h3-5,8,15,17H,6-7H2,1-2H3,(H2,14,16). The van der Waals surface area contributed by atoms with E-state index >= 15 is 0 Å². The highest BCUT2D eigenvalue weighted by atomic mass is 19.1. The van der Waals surface area contributed by atoms with Crippen molar-refractivity contribution in [3.8, 4) is 0 Å².